The first kappa shape index (κ1) is 15.2. The van der Waals surface area contributed by atoms with Crippen LogP contribution in [0.4, 0.5) is 0 Å². The van der Waals surface area contributed by atoms with Crippen molar-refractivity contribution < 1.29 is 10.2 Å². The normalized spacial score (nSPS) is 15.1. The summed E-state index contributed by atoms with van der Waals surface area (Å²) in [6.07, 6.45) is -0.689. The monoisotopic (exact) mass is 245 g/mol. The van der Waals surface area contributed by atoms with Crippen LogP contribution in [0.5, 0.6) is 5.75 Å². The quantitative estimate of drug-likeness (QED) is 0.749. The van der Waals surface area contributed by atoms with Gasteiger partial charge in [0.1, 0.15) is 5.75 Å². The van der Waals surface area contributed by atoms with Crippen molar-refractivity contribution in [3.63, 3.8) is 0 Å². The van der Waals surface area contributed by atoms with Crippen molar-refractivity contribution in [1.29, 1.82) is 0 Å². The summed E-state index contributed by atoms with van der Waals surface area (Å²) in [6.45, 7) is 5.74. The first-order chi connectivity index (χ1) is 6.84. The molecule has 0 fully saturated rings. The molecule has 1 aromatic rings. The Hall–Kier alpha value is -0.770. The molecule has 0 aliphatic carbocycles. The third-order valence-corrected chi connectivity index (χ3v) is 2.52. The van der Waals surface area contributed by atoms with Gasteiger partial charge in [-0.15, -0.1) is 12.4 Å². The minimum Gasteiger partial charge on any atom is -0.508 e. The van der Waals surface area contributed by atoms with Gasteiger partial charge in [-0.2, -0.15) is 0 Å². The lowest BCUT2D eigenvalue weighted by Gasteiger charge is -2.31. The molecule has 0 unspecified atom stereocenters. The summed E-state index contributed by atoms with van der Waals surface area (Å²) >= 11 is 0. The van der Waals surface area contributed by atoms with Crippen molar-refractivity contribution in [2.45, 2.75) is 32.9 Å². The number of hydrogen-bond acceptors (Lipinski definition) is 3. The number of rotatable bonds is 2. The first-order valence-corrected chi connectivity index (χ1v) is 5.05. The Bertz CT molecular complexity index is 336. The number of phenolic OH excluding ortho intramolecular Hbond substituents is 1. The first-order valence-electron chi connectivity index (χ1n) is 5.05. The van der Waals surface area contributed by atoms with E-state index < -0.39 is 12.1 Å². The maximum absolute atomic E-state index is 10.00. The van der Waals surface area contributed by atoms with E-state index in [9.17, 15) is 10.2 Å². The van der Waals surface area contributed by atoms with Gasteiger partial charge in [-0.25, -0.2) is 0 Å². The van der Waals surface area contributed by atoms with Gasteiger partial charge in [0, 0.05) is 5.56 Å². The number of nitrogens with two attached hydrogens (primary N) is 1. The average Bonchev–Trinajstić information content (AvgIpc) is 2.15. The van der Waals surface area contributed by atoms with Gasteiger partial charge in [0.25, 0.3) is 0 Å². The standard InChI is InChI=1S/C12H19NO2.ClH/c1-12(2,3)11(15)10(13)8-6-4-5-7-9(8)14;/h4-7,10-11,14-15H,13H2,1-3H3;1H/t10-,11-;/m0./s1. The molecule has 0 spiro atoms. The fourth-order valence-electron chi connectivity index (χ4n) is 1.48. The third kappa shape index (κ3) is 3.37. The lowest BCUT2D eigenvalue weighted by Crippen LogP contribution is -2.36. The number of halogens is 1. The van der Waals surface area contributed by atoms with Crippen molar-refractivity contribution in [1.82, 2.24) is 0 Å². The Morgan fingerprint density at radius 2 is 1.69 bits per heavy atom. The summed E-state index contributed by atoms with van der Waals surface area (Å²) in [5.41, 5.74) is 6.19. The second kappa shape index (κ2) is 5.53. The average molecular weight is 246 g/mol. The smallest absolute Gasteiger partial charge is 0.120 e. The van der Waals surface area contributed by atoms with Crippen LogP contribution in [0.1, 0.15) is 32.4 Å². The second-order valence-corrected chi connectivity index (χ2v) is 4.90. The highest BCUT2D eigenvalue weighted by Gasteiger charge is 2.30. The fraction of sp³-hybridized carbons (Fsp3) is 0.500. The van der Waals surface area contributed by atoms with Gasteiger partial charge < -0.3 is 15.9 Å². The van der Waals surface area contributed by atoms with Gasteiger partial charge in [-0.1, -0.05) is 39.0 Å². The predicted octanol–water partition coefficient (Wildman–Crippen LogP) is 2.22. The van der Waals surface area contributed by atoms with Crippen LogP contribution in [0.2, 0.25) is 0 Å². The van der Waals surface area contributed by atoms with E-state index in [1.165, 1.54) is 0 Å². The SMILES string of the molecule is CC(C)(C)[C@@H](O)[C@@H](N)c1ccccc1O.Cl. The number of benzene rings is 1. The van der Waals surface area contributed by atoms with E-state index in [1.54, 1.807) is 24.3 Å². The Kier molecular flexibility index (Phi) is 5.26. The van der Waals surface area contributed by atoms with Crippen LogP contribution < -0.4 is 5.73 Å². The molecule has 0 saturated heterocycles. The van der Waals surface area contributed by atoms with Crippen molar-refractivity contribution in [2.24, 2.45) is 11.1 Å². The van der Waals surface area contributed by atoms with Crippen LogP contribution in [0.15, 0.2) is 24.3 Å². The maximum Gasteiger partial charge on any atom is 0.120 e. The minimum atomic E-state index is -0.689. The van der Waals surface area contributed by atoms with Crippen LogP contribution in [0.25, 0.3) is 0 Å². The largest absolute Gasteiger partial charge is 0.508 e. The Labute approximate surface area is 103 Å². The van der Waals surface area contributed by atoms with Gasteiger partial charge in [0.05, 0.1) is 12.1 Å². The van der Waals surface area contributed by atoms with E-state index in [0.717, 1.165) is 0 Å². The summed E-state index contributed by atoms with van der Waals surface area (Å²) < 4.78 is 0. The molecule has 0 bridgehead atoms. The highest BCUT2D eigenvalue weighted by Crippen LogP contribution is 2.32. The lowest BCUT2D eigenvalue weighted by atomic mass is 9.82. The van der Waals surface area contributed by atoms with E-state index in [1.807, 2.05) is 20.8 Å². The molecular formula is C12H20ClNO2. The van der Waals surface area contributed by atoms with E-state index >= 15 is 0 Å². The van der Waals surface area contributed by atoms with Gasteiger partial charge in [0.2, 0.25) is 0 Å². The molecule has 0 saturated carbocycles. The molecule has 0 amide bonds. The molecule has 16 heavy (non-hydrogen) atoms. The molecule has 0 aliphatic rings. The van der Waals surface area contributed by atoms with Gasteiger partial charge in [0.15, 0.2) is 0 Å². The Morgan fingerprint density at radius 3 is 2.12 bits per heavy atom. The minimum absolute atomic E-state index is 0. The van der Waals surface area contributed by atoms with Crippen LogP contribution in [-0.2, 0) is 0 Å². The van der Waals surface area contributed by atoms with Gasteiger partial charge in [-0.05, 0) is 11.5 Å². The van der Waals surface area contributed by atoms with Crippen molar-refractivity contribution in [3.8, 4) is 5.75 Å². The topological polar surface area (TPSA) is 66.5 Å². The summed E-state index contributed by atoms with van der Waals surface area (Å²) in [5, 5.41) is 19.6. The van der Waals surface area contributed by atoms with Crippen molar-refractivity contribution in [3.05, 3.63) is 29.8 Å². The zero-order chi connectivity index (χ0) is 11.6. The summed E-state index contributed by atoms with van der Waals surface area (Å²) in [6, 6.07) is 6.27. The number of phenols is 1. The van der Waals surface area contributed by atoms with E-state index in [4.69, 9.17) is 5.73 Å². The highest BCUT2D eigenvalue weighted by atomic mass is 35.5. The molecule has 1 rings (SSSR count). The number of para-hydroxylation sites is 1. The molecule has 4 N–H and O–H groups in total. The predicted molar refractivity (Wildman–Crippen MR) is 67.7 cm³/mol. The molecule has 1 aromatic carbocycles. The van der Waals surface area contributed by atoms with Crippen LogP contribution in [0, 0.1) is 5.41 Å². The molecule has 0 aromatic heterocycles. The Balaban J connectivity index is 0.00000225. The zero-order valence-corrected chi connectivity index (χ0v) is 10.7. The van der Waals surface area contributed by atoms with Crippen molar-refractivity contribution in [2.75, 3.05) is 0 Å². The van der Waals surface area contributed by atoms with Crippen LogP contribution >= 0.6 is 12.4 Å². The maximum atomic E-state index is 10.00. The fourth-order valence-corrected chi connectivity index (χ4v) is 1.48. The van der Waals surface area contributed by atoms with Crippen LogP contribution in [0.3, 0.4) is 0 Å². The third-order valence-electron chi connectivity index (χ3n) is 2.52. The molecule has 3 nitrogen and oxygen atoms in total. The van der Waals surface area contributed by atoms with Crippen LogP contribution in [-0.4, -0.2) is 16.3 Å². The van der Waals surface area contributed by atoms with E-state index in [-0.39, 0.29) is 23.6 Å². The summed E-state index contributed by atoms with van der Waals surface area (Å²) in [7, 11) is 0. The summed E-state index contributed by atoms with van der Waals surface area (Å²) in [4.78, 5) is 0. The van der Waals surface area contributed by atoms with Crippen molar-refractivity contribution >= 4 is 12.4 Å². The number of aromatic hydroxyl groups is 1. The second-order valence-electron chi connectivity index (χ2n) is 4.90. The molecule has 92 valence electrons. The van der Waals surface area contributed by atoms with Gasteiger partial charge >= 0.3 is 0 Å². The number of aliphatic hydroxyl groups is 1. The van der Waals surface area contributed by atoms with E-state index in [2.05, 4.69) is 0 Å². The molecular weight excluding hydrogens is 226 g/mol. The Morgan fingerprint density at radius 1 is 1.19 bits per heavy atom. The lowest BCUT2D eigenvalue weighted by molar-refractivity contribution is 0.0395. The highest BCUT2D eigenvalue weighted by molar-refractivity contribution is 5.85. The molecule has 0 radical (unpaired) electrons. The molecule has 0 aliphatic heterocycles. The van der Waals surface area contributed by atoms with Gasteiger partial charge in [-0.3, -0.25) is 0 Å². The number of hydrogen-bond donors (Lipinski definition) is 3. The molecule has 0 heterocycles. The molecule has 4 heteroatoms. The summed E-state index contributed by atoms with van der Waals surface area (Å²) in [5.74, 6) is 0.133. The number of aliphatic hydroxyl groups excluding tert-OH is 1. The van der Waals surface area contributed by atoms with E-state index in [0.29, 0.717) is 5.56 Å². The zero-order valence-electron chi connectivity index (χ0n) is 9.84. The molecule has 2 atom stereocenters.